The van der Waals surface area contributed by atoms with Crippen LogP contribution in [0.5, 0.6) is 0 Å². The van der Waals surface area contributed by atoms with Crippen molar-refractivity contribution in [1.82, 2.24) is 24.9 Å². The predicted molar refractivity (Wildman–Crippen MR) is 157 cm³/mol. The van der Waals surface area contributed by atoms with Crippen LogP contribution in [0.2, 0.25) is 0 Å². The van der Waals surface area contributed by atoms with Gasteiger partial charge in [0.05, 0.1) is 28.0 Å². The fraction of sp³-hybridized carbons (Fsp3) is 0.222. The minimum atomic E-state index is -3.59. The number of H-pyrrole nitrogens is 1. The van der Waals surface area contributed by atoms with Gasteiger partial charge >= 0.3 is 0 Å². The van der Waals surface area contributed by atoms with E-state index in [0.717, 1.165) is 51.0 Å². The van der Waals surface area contributed by atoms with Gasteiger partial charge in [0, 0.05) is 23.1 Å². The highest BCUT2D eigenvalue weighted by molar-refractivity contribution is 7.91. The monoisotopic (exact) mass is 605 g/mol. The molecule has 3 aromatic heterocycles. The van der Waals surface area contributed by atoms with Gasteiger partial charge in [-0.05, 0) is 72.9 Å². The molecule has 204 valence electrons. The molecule has 0 bridgehead atoms. The molecule has 0 radical (unpaired) electrons. The largest absolute Gasteiger partial charge is 0.277 e. The number of benzene rings is 2. The molecule has 0 amide bonds. The molecule has 7 nitrogen and oxygen atoms in total. The molecule has 2 N–H and O–H groups in total. The van der Waals surface area contributed by atoms with Gasteiger partial charge in [-0.1, -0.05) is 18.9 Å². The van der Waals surface area contributed by atoms with E-state index in [1.54, 1.807) is 30.5 Å². The second-order valence-corrected chi connectivity index (χ2v) is 12.3. The summed E-state index contributed by atoms with van der Waals surface area (Å²) in [6.07, 6.45) is 7.71. The van der Waals surface area contributed by atoms with E-state index in [1.165, 1.54) is 42.6 Å². The molecule has 0 unspecified atom stereocenters. The van der Waals surface area contributed by atoms with E-state index in [4.69, 9.17) is 0 Å². The molecule has 1 aliphatic rings. The molecule has 1 aliphatic carbocycles. The third-order valence-electron chi connectivity index (χ3n) is 6.83. The summed E-state index contributed by atoms with van der Waals surface area (Å²) in [6.45, 7) is 0.483. The van der Waals surface area contributed by atoms with E-state index in [0.29, 0.717) is 18.2 Å². The Morgan fingerprint density at radius 2 is 1.72 bits per heavy atom. The van der Waals surface area contributed by atoms with Gasteiger partial charge in [-0.3, -0.25) is 5.10 Å². The first-order valence-corrected chi connectivity index (χ1v) is 14.4. The molecule has 0 aliphatic heterocycles. The van der Waals surface area contributed by atoms with Crippen molar-refractivity contribution in [2.24, 2.45) is 5.92 Å². The Morgan fingerprint density at radius 1 is 0.974 bits per heavy atom. The zero-order valence-electron chi connectivity index (χ0n) is 20.6. The summed E-state index contributed by atoms with van der Waals surface area (Å²) in [5, 5.41) is 8.03. The average Bonchev–Trinajstić information content (AvgIpc) is 3.69. The van der Waals surface area contributed by atoms with Gasteiger partial charge in [0.1, 0.15) is 16.4 Å². The van der Waals surface area contributed by atoms with Crippen LogP contribution < -0.4 is 4.72 Å². The number of aromatic amines is 1. The van der Waals surface area contributed by atoms with Gasteiger partial charge in [0.15, 0.2) is 0 Å². The van der Waals surface area contributed by atoms with E-state index in [9.17, 15) is 12.8 Å². The summed E-state index contributed by atoms with van der Waals surface area (Å²) in [5.41, 5.74) is 4.75. The van der Waals surface area contributed by atoms with Gasteiger partial charge in [0.2, 0.25) is 10.0 Å². The molecule has 12 heteroatoms. The molecule has 1 fully saturated rings. The van der Waals surface area contributed by atoms with Crippen molar-refractivity contribution in [3.8, 4) is 33.0 Å². The average molecular weight is 607 g/mol. The Balaban J connectivity index is 0.00000176. The van der Waals surface area contributed by atoms with Crippen LogP contribution in [0, 0.1) is 11.7 Å². The second-order valence-electron chi connectivity index (χ2n) is 9.24. The first-order valence-electron chi connectivity index (χ1n) is 12.1. The van der Waals surface area contributed by atoms with E-state index in [1.807, 2.05) is 18.2 Å². The smallest absolute Gasteiger partial charge is 0.250 e. The van der Waals surface area contributed by atoms with Gasteiger partial charge < -0.3 is 0 Å². The van der Waals surface area contributed by atoms with Crippen LogP contribution in [-0.4, -0.2) is 35.1 Å². The number of nitrogens with zero attached hydrogens (tertiary/aromatic N) is 3. The van der Waals surface area contributed by atoms with E-state index in [-0.39, 0.29) is 34.8 Å². The number of fused-ring (bicyclic) bond motifs is 1. The second kappa shape index (κ2) is 12.1. The van der Waals surface area contributed by atoms with Crippen LogP contribution in [0.25, 0.3) is 43.9 Å². The molecule has 3 heterocycles. The van der Waals surface area contributed by atoms with E-state index in [2.05, 4.69) is 24.9 Å². The van der Waals surface area contributed by atoms with Crippen molar-refractivity contribution >= 4 is 57.1 Å². The number of hydrogen-bond donors (Lipinski definition) is 2. The molecule has 2 aromatic carbocycles. The zero-order chi connectivity index (χ0) is 25.4. The van der Waals surface area contributed by atoms with Crippen molar-refractivity contribution in [2.45, 2.75) is 29.9 Å². The Kier molecular flexibility index (Phi) is 9.03. The minimum Gasteiger partial charge on any atom is -0.277 e. The highest BCUT2D eigenvalue weighted by atomic mass is 35.5. The summed E-state index contributed by atoms with van der Waals surface area (Å²) < 4.78 is 42.4. The molecule has 1 saturated carbocycles. The van der Waals surface area contributed by atoms with Gasteiger partial charge in [-0.25, -0.2) is 27.5 Å². The fourth-order valence-electron chi connectivity index (χ4n) is 4.87. The number of thiophene rings is 1. The maximum atomic E-state index is 13.4. The summed E-state index contributed by atoms with van der Waals surface area (Å²) in [4.78, 5) is 9.67. The molecule has 0 atom stereocenters. The van der Waals surface area contributed by atoms with E-state index >= 15 is 0 Å². The van der Waals surface area contributed by atoms with Crippen LogP contribution in [0.15, 0.2) is 71.3 Å². The Bertz CT molecular complexity index is 1680. The highest BCUT2D eigenvalue weighted by Gasteiger charge is 2.22. The summed E-state index contributed by atoms with van der Waals surface area (Å²) >= 11 is 1.20. The lowest BCUT2D eigenvalue weighted by Gasteiger charge is -2.10. The number of nitrogens with one attached hydrogen (secondary N) is 2. The topological polar surface area (TPSA) is 101 Å². The maximum absolute atomic E-state index is 13.4. The summed E-state index contributed by atoms with van der Waals surface area (Å²) in [7, 11) is -3.59. The van der Waals surface area contributed by atoms with Crippen molar-refractivity contribution in [2.75, 3.05) is 6.54 Å². The maximum Gasteiger partial charge on any atom is 0.250 e. The third-order valence-corrected chi connectivity index (χ3v) is 9.84. The summed E-state index contributed by atoms with van der Waals surface area (Å²) in [5.74, 6) is 0.115. The van der Waals surface area contributed by atoms with Gasteiger partial charge in [-0.2, -0.15) is 5.10 Å². The normalized spacial score (nSPS) is 13.8. The SMILES string of the molecule is Cl.Cl.O=S(=O)(NCC1CCCC1)c1ccc(-c2ncnc3ccc(-c4cn[nH]c4-c4ccc(F)cc4)cc23)s1. The Hall–Kier alpha value is -2.89. The molecular weight excluding hydrogens is 580 g/mol. The van der Waals surface area contributed by atoms with Crippen LogP contribution in [0.3, 0.4) is 0 Å². The quantitative estimate of drug-likeness (QED) is 0.211. The Labute approximate surface area is 242 Å². The van der Waals surface area contributed by atoms with Crippen LogP contribution in [0.1, 0.15) is 25.7 Å². The first-order chi connectivity index (χ1) is 18.0. The molecule has 39 heavy (non-hydrogen) atoms. The van der Waals surface area contributed by atoms with Crippen LogP contribution in [0.4, 0.5) is 4.39 Å². The number of halogens is 3. The van der Waals surface area contributed by atoms with Crippen molar-refractivity contribution < 1.29 is 12.8 Å². The molecule has 6 rings (SSSR count). The standard InChI is InChI=1S/C27H24FN5O2S2.2ClH/c28-20-8-5-18(6-9-20)26-22(15-31-33-26)19-7-10-23-21(13-19)27(30-16-29-23)24-11-12-25(36-24)37(34,35)32-14-17-3-1-2-4-17;;/h5-13,15-17,32H,1-4,14H2,(H,31,33);2*1H. The lowest BCUT2D eigenvalue weighted by molar-refractivity contribution is 0.520. The van der Waals surface area contributed by atoms with Crippen LogP contribution >= 0.6 is 36.2 Å². The zero-order valence-corrected chi connectivity index (χ0v) is 23.9. The van der Waals surface area contributed by atoms with E-state index < -0.39 is 10.0 Å². The lowest BCUT2D eigenvalue weighted by Crippen LogP contribution is -2.27. The van der Waals surface area contributed by atoms with Crippen molar-refractivity contribution in [1.29, 1.82) is 0 Å². The van der Waals surface area contributed by atoms with Crippen molar-refractivity contribution in [3.05, 3.63) is 72.9 Å². The third kappa shape index (κ3) is 6.00. The molecule has 0 spiro atoms. The summed E-state index contributed by atoms with van der Waals surface area (Å²) in [6, 6.07) is 15.5. The molecule has 0 saturated heterocycles. The predicted octanol–water partition coefficient (Wildman–Crippen LogP) is 6.87. The molecular formula is C27H26Cl2FN5O2S2. The fourth-order valence-corrected chi connectivity index (χ4v) is 7.34. The molecule has 5 aromatic rings. The van der Waals surface area contributed by atoms with Crippen LogP contribution in [-0.2, 0) is 10.0 Å². The van der Waals surface area contributed by atoms with Gasteiger partial charge in [0.25, 0.3) is 0 Å². The number of rotatable bonds is 7. The van der Waals surface area contributed by atoms with Gasteiger partial charge in [-0.15, -0.1) is 36.2 Å². The highest BCUT2D eigenvalue weighted by Crippen LogP contribution is 2.37. The minimum absolute atomic E-state index is 0. The number of aromatic nitrogens is 4. The first kappa shape index (κ1) is 29.1. The lowest BCUT2D eigenvalue weighted by atomic mass is 9.99. The number of hydrogen-bond acceptors (Lipinski definition) is 6. The number of sulfonamides is 1. The van der Waals surface area contributed by atoms with Crippen molar-refractivity contribution in [3.63, 3.8) is 0 Å². The Morgan fingerprint density at radius 3 is 2.49 bits per heavy atom.